The van der Waals surface area contributed by atoms with Crippen molar-refractivity contribution in [2.75, 3.05) is 7.05 Å². The summed E-state index contributed by atoms with van der Waals surface area (Å²) >= 11 is 0. The third-order valence-corrected chi connectivity index (χ3v) is 1.50. The highest BCUT2D eigenvalue weighted by atomic mass is 16.1. The lowest BCUT2D eigenvalue weighted by molar-refractivity contribution is 0.0963. The summed E-state index contributed by atoms with van der Waals surface area (Å²) in [5.41, 5.74) is 1.12. The number of carbonyl (C=O) groups excluding carboxylic acids is 1. The number of hydrogen-bond donors (Lipinski definition) is 1. The minimum absolute atomic E-state index is 0.139. The zero-order valence-electron chi connectivity index (χ0n) is 8.66. The van der Waals surface area contributed by atoms with E-state index in [1.165, 1.54) is 0 Å². The Kier molecular flexibility index (Phi) is 5.80. The molecule has 0 unspecified atom stereocenters. The molecule has 0 aliphatic carbocycles. The number of nitrogens with one attached hydrogen (secondary N) is 1. The van der Waals surface area contributed by atoms with Gasteiger partial charge in [-0.15, -0.1) is 0 Å². The van der Waals surface area contributed by atoms with E-state index in [1.54, 1.807) is 31.3 Å². The molecule has 1 N–H and O–H groups in total. The first kappa shape index (κ1) is 12.2. The second kappa shape index (κ2) is 6.67. The van der Waals surface area contributed by atoms with Crippen molar-refractivity contribution in [3.05, 3.63) is 35.4 Å². The molecule has 0 bridgehead atoms. The van der Waals surface area contributed by atoms with E-state index < -0.39 is 0 Å². The van der Waals surface area contributed by atoms with Crippen LogP contribution in [0.5, 0.6) is 0 Å². The van der Waals surface area contributed by atoms with Crippen LogP contribution in [0.3, 0.4) is 0 Å². The lowest BCUT2D eigenvalue weighted by Gasteiger charge is -1.97. The number of carbonyl (C=O) groups is 1. The monoisotopic (exact) mass is 190 g/mol. The molecule has 1 rings (SSSR count). The van der Waals surface area contributed by atoms with Crippen molar-refractivity contribution in [3.63, 3.8) is 0 Å². The normalized spacial score (nSPS) is 7.86. The van der Waals surface area contributed by atoms with Gasteiger partial charge in [-0.3, -0.25) is 4.79 Å². The van der Waals surface area contributed by atoms with Crippen molar-refractivity contribution in [1.29, 1.82) is 5.26 Å². The highest BCUT2D eigenvalue weighted by Crippen LogP contribution is 2.02. The van der Waals surface area contributed by atoms with Gasteiger partial charge in [-0.25, -0.2) is 0 Å². The number of benzene rings is 1. The van der Waals surface area contributed by atoms with Gasteiger partial charge in [0.2, 0.25) is 0 Å². The van der Waals surface area contributed by atoms with Crippen LogP contribution in [-0.2, 0) is 0 Å². The van der Waals surface area contributed by atoms with Gasteiger partial charge in [0.05, 0.1) is 11.6 Å². The van der Waals surface area contributed by atoms with E-state index in [4.69, 9.17) is 5.26 Å². The summed E-state index contributed by atoms with van der Waals surface area (Å²) in [7, 11) is 1.57. The Bertz CT molecular complexity index is 322. The molecule has 14 heavy (non-hydrogen) atoms. The largest absolute Gasteiger partial charge is 0.355 e. The van der Waals surface area contributed by atoms with Gasteiger partial charge in [0, 0.05) is 12.6 Å². The van der Waals surface area contributed by atoms with Gasteiger partial charge in [-0.05, 0) is 24.3 Å². The van der Waals surface area contributed by atoms with Crippen LogP contribution in [-0.4, -0.2) is 13.0 Å². The average molecular weight is 190 g/mol. The number of rotatable bonds is 1. The second-order valence-corrected chi connectivity index (χ2v) is 2.27. The summed E-state index contributed by atoms with van der Waals surface area (Å²) in [5, 5.41) is 11.0. The van der Waals surface area contributed by atoms with Crippen molar-refractivity contribution < 1.29 is 4.79 Å². The highest BCUT2D eigenvalue weighted by molar-refractivity contribution is 5.93. The lowest BCUT2D eigenvalue weighted by Crippen LogP contribution is -2.17. The van der Waals surface area contributed by atoms with Crippen LogP contribution in [0.15, 0.2) is 24.3 Å². The Balaban J connectivity index is 0.000000791. The molecule has 1 aromatic rings. The summed E-state index contributed by atoms with van der Waals surface area (Å²) in [6.07, 6.45) is 0. The summed E-state index contributed by atoms with van der Waals surface area (Å²) < 4.78 is 0. The molecule has 0 spiro atoms. The van der Waals surface area contributed by atoms with Crippen LogP contribution < -0.4 is 5.32 Å². The lowest BCUT2D eigenvalue weighted by atomic mass is 10.1. The maximum absolute atomic E-state index is 11.0. The molecule has 0 aliphatic rings. The molecule has 0 fully saturated rings. The Labute approximate surface area is 84.4 Å². The number of hydrogen-bond acceptors (Lipinski definition) is 2. The van der Waals surface area contributed by atoms with Crippen LogP contribution in [0.2, 0.25) is 0 Å². The van der Waals surface area contributed by atoms with E-state index >= 15 is 0 Å². The van der Waals surface area contributed by atoms with Gasteiger partial charge in [0.15, 0.2) is 0 Å². The van der Waals surface area contributed by atoms with E-state index in [0.717, 1.165) is 0 Å². The highest BCUT2D eigenvalue weighted by Gasteiger charge is 2.00. The Morgan fingerprint density at radius 1 is 1.29 bits per heavy atom. The molecule has 0 heterocycles. The van der Waals surface area contributed by atoms with Crippen LogP contribution in [0, 0.1) is 11.3 Å². The van der Waals surface area contributed by atoms with Gasteiger partial charge >= 0.3 is 0 Å². The molecule has 0 radical (unpaired) electrons. The maximum atomic E-state index is 11.0. The molecule has 0 saturated carbocycles. The van der Waals surface area contributed by atoms with Crippen LogP contribution in [0.4, 0.5) is 0 Å². The first-order valence-corrected chi connectivity index (χ1v) is 4.50. The summed E-state index contributed by atoms with van der Waals surface area (Å²) in [6, 6.07) is 8.46. The summed E-state index contributed by atoms with van der Waals surface area (Å²) in [6.45, 7) is 4.00. The molecule has 0 atom stereocenters. The molecule has 3 nitrogen and oxygen atoms in total. The minimum atomic E-state index is -0.139. The summed E-state index contributed by atoms with van der Waals surface area (Å²) in [5.74, 6) is -0.139. The Morgan fingerprint density at radius 2 is 1.79 bits per heavy atom. The summed E-state index contributed by atoms with van der Waals surface area (Å²) in [4.78, 5) is 11.0. The molecule has 0 saturated heterocycles. The fourth-order valence-electron chi connectivity index (χ4n) is 0.840. The van der Waals surface area contributed by atoms with Crippen LogP contribution >= 0.6 is 0 Å². The fourth-order valence-corrected chi connectivity index (χ4v) is 0.840. The van der Waals surface area contributed by atoms with E-state index in [-0.39, 0.29) is 5.91 Å². The predicted octanol–water partition coefficient (Wildman–Crippen LogP) is 1.94. The molecule has 0 aromatic heterocycles. The molecule has 74 valence electrons. The van der Waals surface area contributed by atoms with Crippen molar-refractivity contribution in [3.8, 4) is 6.07 Å². The first-order valence-electron chi connectivity index (χ1n) is 4.50. The topological polar surface area (TPSA) is 52.9 Å². The third kappa shape index (κ3) is 3.28. The van der Waals surface area contributed by atoms with Gasteiger partial charge in [0.1, 0.15) is 0 Å². The number of amides is 1. The molecular formula is C11H14N2O. The quantitative estimate of drug-likeness (QED) is 0.735. The molecular weight excluding hydrogens is 176 g/mol. The molecule has 1 amide bonds. The Hall–Kier alpha value is -1.82. The molecule has 3 heteroatoms. The van der Waals surface area contributed by atoms with Crippen molar-refractivity contribution >= 4 is 5.91 Å². The van der Waals surface area contributed by atoms with Gasteiger partial charge < -0.3 is 5.32 Å². The Morgan fingerprint density at radius 3 is 2.14 bits per heavy atom. The van der Waals surface area contributed by atoms with E-state index in [0.29, 0.717) is 11.1 Å². The van der Waals surface area contributed by atoms with Crippen LogP contribution in [0.25, 0.3) is 0 Å². The zero-order chi connectivity index (χ0) is 11.0. The molecule has 1 aromatic carbocycles. The average Bonchev–Trinajstić information content (AvgIpc) is 2.31. The fraction of sp³-hybridized carbons (Fsp3) is 0.273. The molecule has 0 aliphatic heterocycles. The van der Waals surface area contributed by atoms with Gasteiger partial charge in [-0.2, -0.15) is 5.26 Å². The minimum Gasteiger partial charge on any atom is -0.355 e. The van der Waals surface area contributed by atoms with E-state index in [1.807, 2.05) is 19.9 Å². The van der Waals surface area contributed by atoms with Crippen molar-refractivity contribution in [1.82, 2.24) is 5.32 Å². The maximum Gasteiger partial charge on any atom is 0.251 e. The van der Waals surface area contributed by atoms with E-state index in [9.17, 15) is 4.79 Å². The second-order valence-electron chi connectivity index (χ2n) is 2.27. The SMILES string of the molecule is CC.CNC(=O)c1ccc(C#N)cc1. The smallest absolute Gasteiger partial charge is 0.251 e. The van der Waals surface area contributed by atoms with Crippen molar-refractivity contribution in [2.24, 2.45) is 0 Å². The standard InChI is InChI=1S/C9H8N2O.C2H6/c1-11-9(12)8-4-2-7(6-10)3-5-8;1-2/h2-5H,1H3,(H,11,12);1-2H3. The van der Waals surface area contributed by atoms with Gasteiger partial charge in [0.25, 0.3) is 5.91 Å². The number of nitrogens with zero attached hydrogens (tertiary/aromatic N) is 1. The number of nitriles is 1. The zero-order valence-corrected chi connectivity index (χ0v) is 8.66. The van der Waals surface area contributed by atoms with Crippen LogP contribution in [0.1, 0.15) is 29.8 Å². The predicted molar refractivity (Wildman–Crippen MR) is 55.9 cm³/mol. The van der Waals surface area contributed by atoms with Crippen molar-refractivity contribution in [2.45, 2.75) is 13.8 Å². The van der Waals surface area contributed by atoms with E-state index in [2.05, 4.69) is 5.32 Å². The third-order valence-electron chi connectivity index (χ3n) is 1.50. The first-order chi connectivity index (χ1) is 6.77. The van der Waals surface area contributed by atoms with Gasteiger partial charge in [-0.1, -0.05) is 13.8 Å².